The predicted molar refractivity (Wildman–Crippen MR) is 97.3 cm³/mol. The Morgan fingerprint density at radius 3 is 1.75 bits per heavy atom. The van der Waals surface area contributed by atoms with Crippen LogP contribution in [0.15, 0.2) is 53.5 Å². The summed E-state index contributed by atoms with van der Waals surface area (Å²) >= 11 is 0. The zero-order valence-corrected chi connectivity index (χ0v) is 18.4. The third kappa shape index (κ3) is 11.1. The van der Waals surface area contributed by atoms with Gasteiger partial charge in [0, 0.05) is 14.2 Å². The van der Waals surface area contributed by atoms with Crippen LogP contribution in [0, 0.1) is 13.8 Å². The van der Waals surface area contributed by atoms with Gasteiger partial charge in [0.15, 0.2) is 0 Å². The molecule has 0 bridgehead atoms. The minimum Gasteiger partial charge on any atom is -0.443 e. The van der Waals surface area contributed by atoms with E-state index in [1.54, 1.807) is 20.6 Å². The summed E-state index contributed by atoms with van der Waals surface area (Å²) in [5.74, 6) is 0. The molecule has 0 heterocycles. The molecule has 0 fully saturated rings. The van der Waals surface area contributed by atoms with Gasteiger partial charge in [-0.1, -0.05) is 66.0 Å². The van der Waals surface area contributed by atoms with Crippen LogP contribution in [0.3, 0.4) is 0 Å². The quantitative estimate of drug-likeness (QED) is 0.345. The molecule has 124 valence electrons. The minimum atomic E-state index is 0. The molecule has 0 saturated heterocycles. The fourth-order valence-electron chi connectivity index (χ4n) is 1.59. The summed E-state index contributed by atoms with van der Waals surface area (Å²) in [6.07, 6.45) is 1.59. The smallest absolute Gasteiger partial charge is 0.443 e. The van der Waals surface area contributed by atoms with Gasteiger partial charge in [-0.15, -0.1) is 0 Å². The molecule has 5 heteroatoms. The number of hydrogen-bond acceptors (Lipinski definition) is 3. The van der Waals surface area contributed by atoms with E-state index >= 15 is 0 Å². The number of benzene rings is 2. The summed E-state index contributed by atoms with van der Waals surface area (Å²) in [5, 5.41) is 4.27. The van der Waals surface area contributed by atoms with Crippen molar-refractivity contribution in [1.82, 2.24) is 0 Å². The second kappa shape index (κ2) is 14.8. The van der Waals surface area contributed by atoms with Crippen LogP contribution in [0.2, 0.25) is 0 Å². The molecule has 2 rings (SSSR count). The van der Waals surface area contributed by atoms with Gasteiger partial charge in [-0.05, 0) is 25.2 Å². The average molecular weight is 353 g/mol. The number of ether oxygens (including phenoxy) is 2. The second-order valence-electron chi connectivity index (χ2n) is 5.03. The van der Waals surface area contributed by atoms with Crippen molar-refractivity contribution < 1.29 is 60.9 Å². The summed E-state index contributed by atoms with van der Waals surface area (Å²) in [5.41, 5.74) is 4.32. The van der Waals surface area contributed by atoms with E-state index in [-0.39, 0.29) is 51.4 Å². The maximum Gasteiger partial charge on any atom is 1.00 e. The molecule has 0 N–H and O–H groups in total. The van der Waals surface area contributed by atoms with Crippen LogP contribution >= 0.6 is 0 Å². The van der Waals surface area contributed by atoms with Crippen molar-refractivity contribution >= 4 is 17.7 Å². The van der Waals surface area contributed by atoms with E-state index in [1.165, 1.54) is 11.1 Å². The number of hydrogen-bond donors (Lipinski definition) is 0. The molecule has 0 radical (unpaired) electrons. The topological polar surface area (TPSA) is 44.9 Å². The van der Waals surface area contributed by atoms with Gasteiger partial charge in [-0.3, -0.25) is 0 Å². The van der Waals surface area contributed by atoms with Crippen LogP contribution in [-0.4, -0.2) is 33.8 Å². The van der Waals surface area contributed by atoms with Crippen molar-refractivity contribution in [1.29, 1.82) is 0 Å². The van der Waals surface area contributed by atoms with E-state index in [0.29, 0.717) is 13.2 Å². The first-order valence-electron chi connectivity index (χ1n) is 7.50. The molecule has 2 aromatic rings. The Bertz CT molecular complexity index is 565. The minimum absolute atomic E-state index is 0. The molecule has 0 saturated carbocycles. The Balaban J connectivity index is 0.000000655. The first-order chi connectivity index (χ1) is 11.2. The van der Waals surface area contributed by atoms with Crippen LogP contribution in [0.4, 0.5) is 11.4 Å². The van der Waals surface area contributed by atoms with E-state index in [2.05, 4.69) is 33.6 Å². The van der Waals surface area contributed by atoms with Crippen LogP contribution in [0.1, 0.15) is 11.1 Å². The molecule has 24 heavy (non-hydrogen) atoms. The molecule has 0 aliphatic heterocycles. The van der Waals surface area contributed by atoms with Crippen LogP contribution < -0.4 is 51.4 Å². The maximum absolute atomic E-state index is 4.66. The van der Waals surface area contributed by atoms with Crippen molar-refractivity contribution in [3.63, 3.8) is 0 Å². The number of methoxy groups -OCH3 is 2. The molecule has 0 unspecified atom stereocenters. The van der Waals surface area contributed by atoms with Gasteiger partial charge in [0.05, 0.1) is 13.2 Å². The Morgan fingerprint density at radius 2 is 1.29 bits per heavy atom. The van der Waals surface area contributed by atoms with Crippen LogP contribution in [0.5, 0.6) is 0 Å². The van der Waals surface area contributed by atoms with Crippen molar-refractivity contribution in [2.45, 2.75) is 13.8 Å². The number of nitrogens with zero attached hydrogens (tertiary/aromatic N) is 2. The summed E-state index contributed by atoms with van der Waals surface area (Å²) < 4.78 is 9.31. The zero-order valence-electron chi connectivity index (χ0n) is 15.3. The first-order valence-corrected chi connectivity index (χ1v) is 7.50. The first kappa shape index (κ1) is 23.5. The molecular weight excluding hydrogens is 327 g/mol. The summed E-state index contributed by atoms with van der Waals surface area (Å²) in [6, 6.07) is 16.1. The number of rotatable bonds is 6. The van der Waals surface area contributed by atoms with Gasteiger partial charge >= 0.3 is 51.4 Å². The molecule has 2 aromatic carbocycles. The van der Waals surface area contributed by atoms with Gasteiger partial charge in [0.1, 0.15) is 0 Å². The Kier molecular flexibility index (Phi) is 14.5. The molecule has 0 aliphatic carbocycles. The predicted octanol–water partition coefficient (Wildman–Crippen LogP) is 1.95. The molecule has 0 aromatic heterocycles. The largest absolute Gasteiger partial charge is 1.00 e. The second-order valence-corrected chi connectivity index (χ2v) is 5.03. The van der Waals surface area contributed by atoms with Gasteiger partial charge in [0.25, 0.3) is 0 Å². The monoisotopic (exact) mass is 352 g/mol. The Morgan fingerprint density at radius 1 is 0.833 bits per heavy atom. The summed E-state index contributed by atoms with van der Waals surface area (Å²) in [4.78, 5) is 4.27. The average Bonchev–Trinajstić information content (AvgIpc) is 2.57. The molecule has 0 spiro atoms. The van der Waals surface area contributed by atoms with E-state index in [4.69, 9.17) is 0 Å². The van der Waals surface area contributed by atoms with E-state index in [9.17, 15) is 0 Å². The third-order valence-corrected chi connectivity index (χ3v) is 2.97. The van der Waals surface area contributed by atoms with Gasteiger partial charge in [-0.2, -0.15) is 0 Å². The van der Waals surface area contributed by atoms with Crippen LogP contribution in [0.25, 0.3) is 5.32 Å². The molecule has 0 atom stereocenters. The SMILES string of the molecule is COCCOC.Cc1ccc(N=C[N-]c2ccc(C)cc2)cc1.[K+]. The van der Waals surface area contributed by atoms with E-state index < -0.39 is 0 Å². The summed E-state index contributed by atoms with van der Waals surface area (Å²) in [6.45, 7) is 5.50. The number of aryl methyl sites for hydroxylation is 2. The van der Waals surface area contributed by atoms with Crippen molar-refractivity contribution in [2.75, 3.05) is 27.4 Å². The maximum atomic E-state index is 4.66. The summed E-state index contributed by atoms with van der Waals surface area (Å²) in [7, 11) is 3.30. The van der Waals surface area contributed by atoms with E-state index in [1.807, 2.05) is 48.5 Å². The van der Waals surface area contributed by atoms with Crippen molar-refractivity contribution in [3.8, 4) is 0 Å². The number of aliphatic imine (C=N–C) groups is 1. The molecule has 0 amide bonds. The fraction of sp³-hybridized carbons (Fsp3) is 0.316. The standard InChI is InChI=1S/C15H15N2.C4H10O2.K/c1-12-3-7-14(8-4-12)16-11-17-15-9-5-13(2)6-10-15;1-5-3-4-6-2;/h3-11H,1-2H3;3-4H2,1-2H3;/q-1;;+1. The normalized spacial score (nSPS) is 9.83. The molecular formula is C19H25KN2O2. The van der Waals surface area contributed by atoms with Crippen molar-refractivity contribution in [3.05, 3.63) is 65.0 Å². The third-order valence-electron chi connectivity index (χ3n) is 2.97. The Hall–Kier alpha value is -0.534. The molecule has 0 aliphatic rings. The van der Waals surface area contributed by atoms with Gasteiger partial charge in [0.2, 0.25) is 0 Å². The van der Waals surface area contributed by atoms with Gasteiger partial charge in [-0.25, -0.2) is 0 Å². The fourth-order valence-corrected chi connectivity index (χ4v) is 1.59. The molecule has 4 nitrogen and oxygen atoms in total. The van der Waals surface area contributed by atoms with Crippen molar-refractivity contribution in [2.24, 2.45) is 4.99 Å². The van der Waals surface area contributed by atoms with Crippen LogP contribution in [-0.2, 0) is 9.47 Å². The van der Waals surface area contributed by atoms with Gasteiger partial charge < -0.3 is 19.8 Å². The van der Waals surface area contributed by atoms with E-state index in [0.717, 1.165) is 11.4 Å². The Labute approximate surface area is 188 Å². The zero-order chi connectivity index (χ0) is 16.9.